The van der Waals surface area contributed by atoms with Gasteiger partial charge in [0.15, 0.2) is 0 Å². The van der Waals surface area contributed by atoms with E-state index in [0.29, 0.717) is 12.0 Å². The average Bonchev–Trinajstić information content (AvgIpc) is 3.39. The molecule has 2 aliphatic heterocycles. The quantitative estimate of drug-likeness (QED) is 0.837. The number of carbonyl (C=O) groups excluding carboxylic acids is 1. The minimum Gasteiger partial charge on any atom is -0.468 e. The van der Waals surface area contributed by atoms with Crippen molar-refractivity contribution in [2.24, 2.45) is 10.4 Å². The van der Waals surface area contributed by atoms with E-state index in [1.807, 2.05) is 17.0 Å². The Morgan fingerprint density at radius 1 is 1.29 bits per heavy atom. The van der Waals surface area contributed by atoms with Crippen molar-refractivity contribution in [1.29, 1.82) is 0 Å². The maximum atomic E-state index is 12.9. The van der Waals surface area contributed by atoms with Crippen molar-refractivity contribution in [3.05, 3.63) is 35.4 Å². The molecule has 0 unspecified atom stereocenters. The fourth-order valence-electron chi connectivity index (χ4n) is 3.96. The fraction of sp³-hybridized carbons (Fsp3) is 0.529. The lowest BCUT2D eigenvalue weighted by Crippen LogP contribution is -2.43. The van der Waals surface area contributed by atoms with Crippen molar-refractivity contribution in [3.8, 4) is 0 Å². The molecule has 0 atom stereocenters. The van der Waals surface area contributed by atoms with Gasteiger partial charge in [-0.05, 0) is 49.8 Å². The first-order valence-corrected chi connectivity index (χ1v) is 7.85. The minimum atomic E-state index is -0.374. The fourth-order valence-corrected chi connectivity index (χ4v) is 3.96. The molecule has 4 aliphatic rings. The first kappa shape index (κ1) is 11.8. The Hall–Kier alpha value is -1.84. The van der Waals surface area contributed by atoms with Crippen LogP contribution in [-0.4, -0.2) is 30.1 Å². The van der Waals surface area contributed by atoms with Crippen LogP contribution in [0.15, 0.2) is 39.1 Å². The van der Waals surface area contributed by atoms with Crippen LogP contribution in [-0.2, 0) is 10.2 Å². The molecule has 2 saturated carbocycles. The molecule has 108 valence electrons. The van der Waals surface area contributed by atoms with Gasteiger partial charge in [-0.25, -0.2) is 0 Å². The van der Waals surface area contributed by atoms with E-state index in [1.165, 1.54) is 18.4 Å². The summed E-state index contributed by atoms with van der Waals surface area (Å²) in [7, 11) is 0. The summed E-state index contributed by atoms with van der Waals surface area (Å²) in [5, 5.41) is 0. The van der Waals surface area contributed by atoms with Gasteiger partial charge < -0.3 is 9.32 Å². The zero-order chi connectivity index (χ0) is 14.1. The van der Waals surface area contributed by atoms with Gasteiger partial charge in [0.25, 0.3) is 0 Å². The molecule has 0 saturated heterocycles. The lowest BCUT2D eigenvalue weighted by molar-refractivity contribution is -0.134. The van der Waals surface area contributed by atoms with Crippen LogP contribution in [0.4, 0.5) is 0 Å². The normalized spacial score (nSPS) is 27.1. The minimum absolute atomic E-state index is 0.232. The second-order valence-corrected chi connectivity index (χ2v) is 6.88. The molecule has 2 aliphatic carbocycles. The smallest absolute Gasteiger partial charge is 0.236 e. The highest BCUT2D eigenvalue weighted by Crippen LogP contribution is 2.57. The van der Waals surface area contributed by atoms with E-state index in [2.05, 4.69) is 11.2 Å². The van der Waals surface area contributed by atoms with Gasteiger partial charge >= 0.3 is 0 Å². The Morgan fingerprint density at radius 2 is 2.14 bits per heavy atom. The molecule has 3 heterocycles. The Bertz CT molecular complexity index is 676. The van der Waals surface area contributed by atoms with E-state index in [1.54, 1.807) is 6.26 Å². The summed E-state index contributed by atoms with van der Waals surface area (Å²) in [6.45, 7) is 1.53. The van der Waals surface area contributed by atoms with Crippen LogP contribution in [0, 0.1) is 5.41 Å². The van der Waals surface area contributed by atoms with Crippen LogP contribution in [0.2, 0.25) is 0 Å². The van der Waals surface area contributed by atoms with Crippen molar-refractivity contribution < 1.29 is 9.21 Å². The van der Waals surface area contributed by atoms with Crippen molar-refractivity contribution in [2.45, 2.75) is 37.5 Å². The lowest BCUT2D eigenvalue weighted by atomic mass is 9.91. The summed E-state index contributed by atoms with van der Waals surface area (Å²) < 4.78 is 5.51. The Labute approximate surface area is 123 Å². The van der Waals surface area contributed by atoms with Crippen LogP contribution in [0.5, 0.6) is 0 Å². The second-order valence-electron chi connectivity index (χ2n) is 6.88. The van der Waals surface area contributed by atoms with Gasteiger partial charge in [-0.15, -0.1) is 0 Å². The molecule has 0 radical (unpaired) electrons. The second kappa shape index (κ2) is 3.67. The van der Waals surface area contributed by atoms with Crippen molar-refractivity contribution >= 4 is 12.1 Å². The lowest BCUT2D eigenvalue weighted by Gasteiger charge is -2.31. The summed E-state index contributed by atoms with van der Waals surface area (Å²) in [4.78, 5) is 19.5. The topological polar surface area (TPSA) is 45.8 Å². The van der Waals surface area contributed by atoms with Gasteiger partial charge in [-0.2, -0.15) is 0 Å². The molecule has 2 fully saturated rings. The molecular weight excluding hydrogens is 264 g/mol. The monoisotopic (exact) mass is 282 g/mol. The maximum Gasteiger partial charge on any atom is 0.236 e. The summed E-state index contributed by atoms with van der Waals surface area (Å²) in [6.07, 6.45) is 9.11. The molecule has 1 spiro atoms. The number of furan rings is 1. The molecule has 1 amide bonds. The highest BCUT2D eigenvalue weighted by molar-refractivity contribution is 5.91. The Morgan fingerprint density at radius 3 is 2.81 bits per heavy atom. The van der Waals surface area contributed by atoms with Crippen LogP contribution >= 0.6 is 0 Å². The average molecular weight is 282 g/mol. The van der Waals surface area contributed by atoms with Gasteiger partial charge in [0.2, 0.25) is 5.91 Å². The predicted molar refractivity (Wildman–Crippen MR) is 78.0 cm³/mol. The number of fused-ring (bicyclic) bond motifs is 1. The zero-order valence-electron chi connectivity index (χ0n) is 12.0. The largest absolute Gasteiger partial charge is 0.468 e. The first-order chi connectivity index (χ1) is 10.2. The summed E-state index contributed by atoms with van der Waals surface area (Å²) in [5.74, 6) is 1.07. The van der Waals surface area contributed by atoms with Gasteiger partial charge in [0.05, 0.1) is 18.5 Å². The molecule has 5 rings (SSSR count). The van der Waals surface area contributed by atoms with E-state index < -0.39 is 0 Å². The van der Waals surface area contributed by atoms with E-state index in [9.17, 15) is 4.79 Å². The third-order valence-electron chi connectivity index (χ3n) is 5.62. The van der Waals surface area contributed by atoms with Crippen LogP contribution in [0.3, 0.4) is 0 Å². The predicted octanol–water partition coefficient (Wildman–Crippen LogP) is 2.66. The molecule has 4 heteroatoms. The van der Waals surface area contributed by atoms with E-state index >= 15 is 0 Å². The van der Waals surface area contributed by atoms with Crippen LogP contribution in [0.25, 0.3) is 0 Å². The van der Waals surface area contributed by atoms with Crippen molar-refractivity contribution in [1.82, 2.24) is 4.90 Å². The molecule has 1 aromatic heterocycles. The molecule has 0 aromatic carbocycles. The number of nitrogens with zero attached hydrogens (tertiary/aromatic N) is 2. The molecule has 0 N–H and O–H groups in total. The molecular formula is C17H18N2O2. The number of hydrogen-bond acceptors (Lipinski definition) is 3. The Kier molecular flexibility index (Phi) is 2.06. The molecule has 4 nitrogen and oxygen atoms in total. The number of amides is 1. The summed E-state index contributed by atoms with van der Waals surface area (Å²) in [6, 6.07) is 3.81. The van der Waals surface area contributed by atoms with Gasteiger partial charge in [0.1, 0.15) is 11.2 Å². The van der Waals surface area contributed by atoms with Gasteiger partial charge in [0, 0.05) is 18.2 Å². The maximum absolute atomic E-state index is 12.9. The summed E-state index contributed by atoms with van der Waals surface area (Å²) in [5.41, 5.74) is 2.60. The third-order valence-corrected chi connectivity index (χ3v) is 5.62. The number of carbonyl (C=O) groups is 1. The third kappa shape index (κ3) is 1.50. The highest BCUT2D eigenvalue weighted by atomic mass is 16.3. The molecule has 1 aromatic rings. The van der Waals surface area contributed by atoms with Crippen molar-refractivity contribution in [2.75, 3.05) is 13.1 Å². The highest BCUT2D eigenvalue weighted by Gasteiger charge is 2.56. The van der Waals surface area contributed by atoms with Crippen molar-refractivity contribution in [3.63, 3.8) is 0 Å². The molecule has 0 bridgehead atoms. The Balaban J connectivity index is 1.41. The number of hydrogen-bond donors (Lipinski definition) is 0. The number of aliphatic imine (C=N–C) groups is 1. The van der Waals surface area contributed by atoms with Crippen LogP contribution in [0.1, 0.15) is 37.9 Å². The standard InChI is InChI=1S/C17H18N2O2/c20-15(17(6-7-17)14-2-1-9-21-14)19-8-3-12-13(10-19)18-11-16(12)4-5-16/h1-2,9,11H,3-8,10H2. The van der Waals surface area contributed by atoms with Gasteiger partial charge in [-0.1, -0.05) is 0 Å². The van der Waals surface area contributed by atoms with E-state index in [-0.39, 0.29) is 11.3 Å². The van der Waals surface area contributed by atoms with Crippen LogP contribution < -0.4 is 0 Å². The van der Waals surface area contributed by atoms with E-state index in [0.717, 1.165) is 37.3 Å². The summed E-state index contributed by atoms with van der Waals surface area (Å²) >= 11 is 0. The van der Waals surface area contributed by atoms with E-state index in [4.69, 9.17) is 4.42 Å². The SMILES string of the molecule is O=C(N1CCC2=C(C1)N=CC21CC1)C1(c2ccco2)CC1. The zero-order valence-corrected chi connectivity index (χ0v) is 12.0. The number of rotatable bonds is 2. The first-order valence-electron chi connectivity index (χ1n) is 7.85. The van der Waals surface area contributed by atoms with Gasteiger partial charge in [-0.3, -0.25) is 9.79 Å². The molecule has 21 heavy (non-hydrogen) atoms.